The van der Waals surface area contributed by atoms with E-state index in [1.807, 2.05) is 6.07 Å². The lowest BCUT2D eigenvalue weighted by Gasteiger charge is -2.31. The number of carbonyl (C=O) groups is 1. The fourth-order valence-electron chi connectivity index (χ4n) is 3.99. The number of hydrogen-bond donors (Lipinski definition) is 1. The molecular formula is C24H27F6N5O3. The number of amides is 2. The number of alkyl halides is 6. The van der Waals surface area contributed by atoms with Crippen LogP contribution >= 0.6 is 0 Å². The first-order valence-electron chi connectivity index (χ1n) is 11.6. The molecule has 3 heterocycles. The molecule has 1 N–H and O–H groups in total. The standard InChI is InChI=1S/C24H27F6N5O3/c1-5-34(22(36)33-20(24(28,29)30)6-8-23(25,26)27)14(2)18-12-17(19(37-3)13-31-18)15-10-16-7-9-32-35(16)21(11-15)38-4/h7,9-14,20H,5-6,8H2,1-4H3,(H,33,36)/t14-,20+/m1/s1. The maximum atomic E-state index is 13.4. The Morgan fingerprint density at radius 1 is 1.13 bits per heavy atom. The van der Waals surface area contributed by atoms with Crippen molar-refractivity contribution in [1.82, 2.24) is 24.8 Å². The normalized spacial score (nSPS) is 13.7. The second kappa shape index (κ2) is 11.4. The second-order valence-electron chi connectivity index (χ2n) is 8.42. The summed E-state index contributed by atoms with van der Waals surface area (Å²) in [4.78, 5) is 18.2. The molecule has 2 atom stereocenters. The summed E-state index contributed by atoms with van der Waals surface area (Å²) in [6, 6.07) is 2.28. The van der Waals surface area contributed by atoms with Gasteiger partial charge in [-0.25, -0.2) is 9.31 Å². The van der Waals surface area contributed by atoms with Gasteiger partial charge in [-0.2, -0.15) is 31.4 Å². The molecule has 0 saturated heterocycles. The smallest absolute Gasteiger partial charge is 0.408 e. The number of pyridine rings is 2. The Morgan fingerprint density at radius 3 is 2.42 bits per heavy atom. The van der Waals surface area contributed by atoms with E-state index in [4.69, 9.17) is 9.47 Å². The Kier molecular flexibility index (Phi) is 8.62. The van der Waals surface area contributed by atoms with Gasteiger partial charge in [0.2, 0.25) is 5.88 Å². The van der Waals surface area contributed by atoms with Crippen LogP contribution in [0.1, 0.15) is 38.4 Å². The van der Waals surface area contributed by atoms with E-state index in [0.29, 0.717) is 28.5 Å². The number of halogens is 6. The van der Waals surface area contributed by atoms with E-state index in [-0.39, 0.29) is 6.54 Å². The van der Waals surface area contributed by atoms with Crippen molar-refractivity contribution in [2.75, 3.05) is 20.8 Å². The number of rotatable bonds is 9. The largest absolute Gasteiger partial charge is 0.494 e. The van der Waals surface area contributed by atoms with Crippen LogP contribution in [-0.2, 0) is 0 Å². The van der Waals surface area contributed by atoms with E-state index >= 15 is 0 Å². The second-order valence-corrected chi connectivity index (χ2v) is 8.42. The van der Waals surface area contributed by atoms with Crippen molar-refractivity contribution < 1.29 is 40.6 Å². The molecule has 2 amide bonds. The predicted octanol–water partition coefficient (Wildman–Crippen LogP) is 5.78. The number of methoxy groups -OCH3 is 2. The third kappa shape index (κ3) is 6.58. The van der Waals surface area contributed by atoms with Gasteiger partial charge in [-0.3, -0.25) is 4.98 Å². The zero-order chi connectivity index (χ0) is 28.3. The van der Waals surface area contributed by atoms with E-state index in [1.165, 1.54) is 27.3 Å². The third-order valence-corrected chi connectivity index (χ3v) is 6.00. The van der Waals surface area contributed by atoms with Crippen molar-refractivity contribution in [3.8, 4) is 22.8 Å². The average molecular weight is 548 g/mol. The maximum absolute atomic E-state index is 13.4. The van der Waals surface area contributed by atoms with Gasteiger partial charge in [0.25, 0.3) is 0 Å². The molecule has 0 fully saturated rings. The molecule has 3 aromatic heterocycles. The molecule has 8 nitrogen and oxygen atoms in total. The van der Waals surface area contributed by atoms with Crippen LogP contribution in [0.3, 0.4) is 0 Å². The fraction of sp³-hybridized carbons (Fsp3) is 0.458. The van der Waals surface area contributed by atoms with Crippen molar-refractivity contribution in [3.63, 3.8) is 0 Å². The van der Waals surface area contributed by atoms with Crippen LogP contribution < -0.4 is 14.8 Å². The van der Waals surface area contributed by atoms with Crippen molar-refractivity contribution in [2.45, 2.75) is 51.1 Å². The van der Waals surface area contributed by atoms with Crippen molar-refractivity contribution in [2.24, 2.45) is 0 Å². The summed E-state index contributed by atoms with van der Waals surface area (Å²) in [6.45, 7) is 3.06. The number of ether oxygens (including phenoxy) is 2. The van der Waals surface area contributed by atoms with Crippen LogP contribution in [0.2, 0.25) is 0 Å². The van der Waals surface area contributed by atoms with Crippen LogP contribution in [0.4, 0.5) is 31.1 Å². The molecule has 3 aromatic rings. The van der Waals surface area contributed by atoms with Gasteiger partial charge in [-0.15, -0.1) is 0 Å². The number of nitrogens with one attached hydrogen (secondary N) is 1. The molecule has 3 rings (SSSR count). The van der Waals surface area contributed by atoms with Gasteiger partial charge >= 0.3 is 18.4 Å². The molecule has 0 bridgehead atoms. The van der Waals surface area contributed by atoms with E-state index in [1.54, 1.807) is 41.2 Å². The minimum absolute atomic E-state index is 0.0322. The van der Waals surface area contributed by atoms with Crippen molar-refractivity contribution in [1.29, 1.82) is 0 Å². The van der Waals surface area contributed by atoms with Gasteiger partial charge < -0.3 is 19.7 Å². The van der Waals surface area contributed by atoms with Gasteiger partial charge in [0.1, 0.15) is 11.8 Å². The van der Waals surface area contributed by atoms with E-state index in [2.05, 4.69) is 10.1 Å². The van der Waals surface area contributed by atoms with Crippen LogP contribution in [0.5, 0.6) is 11.6 Å². The minimum atomic E-state index is -5.06. The highest BCUT2D eigenvalue weighted by Gasteiger charge is 2.43. The number of hydrogen-bond acceptors (Lipinski definition) is 5. The molecule has 208 valence electrons. The first-order chi connectivity index (χ1) is 17.8. The molecule has 0 unspecified atom stereocenters. The van der Waals surface area contributed by atoms with Crippen LogP contribution in [0.15, 0.2) is 36.7 Å². The summed E-state index contributed by atoms with van der Waals surface area (Å²) in [7, 11) is 2.93. The van der Waals surface area contributed by atoms with E-state index < -0.39 is 43.3 Å². The van der Waals surface area contributed by atoms with Crippen molar-refractivity contribution in [3.05, 3.63) is 42.4 Å². The summed E-state index contributed by atoms with van der Waals surface area (Å²) in [6.07, 6.45) is -9.85. The van der Waals surface area contributed by atoms with Crippen LogP contribution in [0, 0.1) is 0 Å². The van der Waals surface area contributed by atoms with Gasteiger partial charge in [0.05, 0.1) is 43.9 Å². The summed E-state index contributed by atoms with van der Waals surface area (Å²) >= 11 is 0. The Morgan fingerprint density at radius 2 is 1.84 bits per heavy atom. The number of fused-ring (bicyclic) bond motifs is 1. The first kappa shape index (κ1) is 28.9. The highest BCUT2D eigenvalue weighted by molar-refractivity contribution is 5.77. The average Bonchev–Trinajstić information content (AvgIpc) is 3.33. The number of urea groups is 1. The van der Waals surface area contributed by atoms with Gasteiger partial charge in [0.15, 0.2) is 0 Å². The third-order valence-electron chi connectivity index (χ3n) is 6.00. The SMILES string of the molecule is CCN(C(=O)N[C@@H](CCC(F)(F)F)C(F)(F)F)[C@H](C)c1cc(-c2cc(OC)n3nccc3c2)c(OC)cn1. The predicted molar refractivity (Wildman–Crippen MR) is 126 cm³/mol. The van der Waals surface area contributed by atoms with Gasteiger partial charge in [-0.1, -0.05) is 0 Å². The molecule has 0 aromatic carbocycles. The summed E-state index contributed by atoms with van der Waals surface area (Å²) < 4.78 is 90.2. The lowest BCUT2D eigenvalue weighted by atomic mass is 10.0. The fourth-order valence-corrected chi connectivity index (χ4v) is 3.99. The zero-order valence-corrected chi connectivity index (χ0v) is 21.0. The molecule has 0 radical (unpaired) electrons. The van der Waals surface area contributed by atoms with Gasteiger partial charge in [0, 0.05) is 24.6 Å². The molecule has 0 saturated carbocycles. The Balaban J connectivity index is 1.92. The van der Waals surface area contributed by atoms with Crippen LogP contribution in [-0.4, -0.2) is 64.7 Å². The lowest BCUT2D eigenvalue weighted by molar-refractivity contribution is -0.171. The first-order valence-corrected chi connectivity index (χ1v) is 11.6. The highest BCUT2D eigenvalue weighted by Crippen LogP contribution is 2.35. The Labute approximate surface area is 214 Å². The quantitative estimate of drug-likeness (QED) is 0.344. The molecule has 0 aliphatic rings. The zero-order valence-electron chi connectivity index (χ0n) is 21.0. The molecule has 0 spiro atoms. The molecular weight excluding hydrogens is 520 g/mol. The molecule has 38 heavy (non-hydrogen) atoms. The molecule has 0 aliphatic heterocycles. The highest BCUT2D eigenvalue weighted by atomic mass is 19.4. The minimum Gasteiger partial charge on any atom is -0.494 e. The summed E-state index contributed by atoms with van der Waals surface area (Å²) in [5, 5.41) is 5.90. The van der Waals surface area contributed by atoms with Gasteiger partial charge in [-0.05, 0) is 44.0 Å². The van der Waals surface area contributed by atoms with E-state index in [0.717, 1.165) is 10.4 Å². The summed E-state index contributed by atoms with van der Waals surface area (Å²) in [5.41, 5.74) is 2.28. The number of aromatic nitrogens is 3. The Hall–Kier alpha value is -3.71. The Bertz CT molecular complexity index is 1260. The van der Waals surface area contributed by atoms with E-state index in [9.17, 15) is 31.1 Å². The monoisotopic (exact) mass is 547 g/mol. The topological polar surface area (TPSA) is 81.0 Å². The summed E-state index contributed by atoms with van der Waals surface area (Å²) in [5.74, 6) is 0.825. The lowest BCUT2D eigenvalue weighted by Crippen LogP contribution is -2.51. The number of carbonyl (C=O) groups excluding carboxylic acids is 1. The van der Waals surface area contributed by atoms with Crippen LogP contribution in [0.25, 0.3) is 16.6 Å². The maximum Gasteiger partial charge on any atom is 0.408 e. The molecule has 14 heteroatoms. The molecule has 0 aliphatic carbocycles. The van der Waals surface area contributed by atoms with Crippen molar-refractivity contribution >= 4 is 11.5 Å². The number of nitrogens with zero attached hydrogens (tertiary/aromatic N) is 4.